The van der Waals surface area contributed by atoms with Crippen LogP contribution in [0.25, 0.3) is 0 Å². The van der Waals surface area contributed by atoms with Gasteiger partial charge in [-0.15, -0.1) is 0 Å². The number of aliphatic hydroxyl groups excluding tert-OH is 1. The van der Waals surface area contributed by atoms with Crippen LogP contribution in [0.15, 0.2) is 0 Å². The van der Waals surface area contributed by atoms with Gasteiger partial charge in [0.2, 0.25) is 11.8 Å². The molecule has 1 saturated carbocycles. The van der Waals surface area contributed by atoms with E-state index in [0.717, 1.165) is 0 Å². The number of aliphatic hydroxyl groups is 1. The maximum absolute atomic E-state index is 12.1. The molecule has 0 spiro atoms. The SMILES string of the molecule is CCOC1CC(N)(C(=O)NCC(O)C(N)=O)C1(C)C. The molecule has 1 fully saturated rings. The molecule has 0 bridgehead atoms. The zero-order valence-corrected chi connectivity index (χ0v) is 11.6. The highest BCUT2D eigenvalue weighted by Crippen LogP contribution is 2.49. The first-order valence-electron chi connectivity index (χ1n) is 6.33. The van der Waals surface area contributed by atoms with Gasteiger partial charge in [0.25, 0.3) is 0 Å². The molecule has 0 aliphatic heterocycles. The summed E-state index contributed by atoms with van der Waals surface area (Å²) < 4.78 is 5.52. The monoisotopic (exact) mass is 273 g/mol. The molecule has 0 aromatic heterocycles. The van der Waals surface area contributed by atoms with Crippen molar-refractivity contribution in [3.8, 4) is 0 Å². The number of hydrogen-bond donors (Lipinski definition) is 4. The van der Waals surface area contributed by atoms with Crippen LogP contribution in [0.3, 0.4) is 0 Å². The van der Waals surface area contributed by atoms with E-state index < -0.39 is 28.9 Å². The molecular formula is C12H23N3O4. The third kappa shape index (κ3) is 2.72. The number of nitrogens with two attached hydrogens (primary N) is 2. The van der Waals surface area contributed by atoms with Crippen molar-refractivity contribution in [1.29, 1.82) is 0 Å². The van der Waals surface area contributed by atoms with E-state index in [1.165, 1.54) is 0 Å². The largest absolute Gasteiger partial charge is 0.381 e. The lowest BCUT2D eigenvalue weighted by Crippen LogP contribution is -2.76. The minimum atomic E-state index is -1.40. The van der Waals surface area contributed by atoms with Crippen LogP contribution in [0.5, 0.6) is 0 Å². The van der Waals surface area contributed by atoms with E-state index in [4.69, 9.17) is 16.2 Å². The first kappa shape index (κ1) is 15.9. The Morgan fingerprint density at radius 3 is 2.53 bits per heavy atom. The van der Waals surface area contributed by atoms with Gasteiger partial charge >= 0.3 is 0 Å². The molecule has 19 heavy (non-hydrogen) atoms. The van der Waals surface area contributed by atoms with Gasteiger partial charge in [-0.1, -0.05) is 13.8 Å². The van der Waals surface area contributed by atoms with Crippen LogP contribution < -0.4 is 16.8 Å². The molecule has 1 rings (SSSR count). The van der Waals surface area contributed by atoms with Crippen LogP contribution in [0.1, 0.15) is 27.2 Å². The van der Waals surface area contributed by atoms with Gasteiger partial charge in [0.05, 0.1) is 12.6 Å². The van der Waals surface area contributed by atoms with E-state index in [2.05, 4.69) is 5.32 Å². The zero-order valence-electron chi connectivity index (χ0n) is 11.6. The molecule has 110 valence electrons. The average molecular weight is 273 g/mol. The fraction of sp³-hybridized carbons (Fsp3) is 0.833. The molecule has 0 aromatic rings. The van der Waals surface area contributed by atoms with Gasteiger partial charge in [-0.2, -0.15) is 0 Å². The van der Waals surface area contributed by atoms with Crippen molar-refractivity contribution in [2.75, 3.05) is 13.2 Å². The highest BCUT2D eigenvalue weighted by molar-refractivity contribution is 5.89. The summed E-state index contributed by atoms with van der Waals surface area (Å²) in [6, 6.07) is 0. The second kappa shape index (κ2) is 5.44. The molecule has 3 atom stereocenters. The van der Waals surface area contributed by atoms with Gasteiger partial charge in [-0.05, 0) is 6.92 Å². The smallest absolute Gasteiger partial charge is 0.248 e. The van der Waals surface area contributed by atoms with E-state index in [0.29, 0.717) is 13.0 Å². The summed E-state index contributed by atoms with van der Waals surface area (Å²) in [5.74, 6) is -1.29. The van der Waals surface area contributed by atoms with Gasteiger partial charge < -0.3 is 26.6 Å². The summed E-state index contributed by atoms with van der Waals surface area (Å²) in [7, 11) is 0. The van der Waals surface area contributed by atoms with Crippen molar-refractivity contribution < 1.29 is 19.4 Å². The lowest BCUT2D eigenvalue weighted by molar-refractivity contribution is -0.171. The summed E-state index contributed by atoms with van der Waals surface area (Å²) in [6.07, 6.45) is -1.07. The van der Waals surface area contributed by atoms with Crippen molar-refractivity contribution in [2.24, 2.45) is 16.9 Å². The number of carbonyl (C=O) groups excluding carboxylic acids is 2. The van der Waals surface area contributed by atoms with Crippen LogP contribution >= 0.6 is 0 Å². The molecule has 1 aliphatic carbocycles. The molecule has 2 amide bonds. The third-order valence-corrected chi connectivity index (χ3v) is 4.02. The lowest BCUT2D eigenvalue weighted by Gasteiger charge is -2.57. The maximum Gasteiger partial charge on any atom is 0.248 e. The molecule has 7 heteroatoms. The number of rotatable bonds is 6. The van der Waals surface area contributed by atoms with E-state index in [-0.39, 0.29) is 12.6 Å². The van der Waals surface area contributed by atoms with Gasteiger partial charge in [-0.25, -0.2) is 0 Å². The second-order valence-electron chi connectivity index (χ2n) is 5.47. The Kier molecular flexibility index (Phi) is 4.54. The van der Waals surface area contributed by atoms with Crippen molar-refractivity contribution in [3.05, 3.63) is 0 Å². The van der Waals surface area contributed by atoms with Crippen LogP contribution in [0, 0.1) is 5.41 Å². The quantitative estimate of drug-likeness (QED) is 0.467. The van der Waals surface area contributed by atoms with Crippen molar-refractivity contribution in [2.45, 2.75) is 44.9 Å². The molecule has 6 N–H and O–H groups in total. The van der Waals surface area contributed by atoms with Gasteiger partial charge in [-0.3, -0.25) is 9.59 Å². The Labute approximate surface area is 112 Å². The molecule has 1 aliphatic rings. The summed E-state index contributed by atoms with van der Waals surface area (Å²) >= 11 is 0. The lowest BCUT2D eigenvalue weighted by atomic mass is 9.54. The fourth-order valence-corrected chi connectivity index (χ4v) is 2.27. The Morgan fingerprint density at radius 2 is 2.11 bits per heavy atom. The number of ether oxygens (including phenoxy) is 1. The van der Waals surface area contributed by atoms with Gasteiger partial charge in [0.15, 0.2) is 0 Å². The Hall–Kier alpha value is -1.18. The van der Waals surface area contributed by atoms with E-state index >= 15 is 0 Å². The van der Waals surface area contributed by atoms with Crippen LogP contribution in [0.4, 0.5) is 0 Å². The highest BCUT2D eigenvalue weighted by Gasteiger charge is 2.62. The van der Waals surface area contributed by atoms with E-state index in [1.807, 2.05) is 20.8 Å². The first-order chi connectivity index (χ1) is 8.66. The topological polar surface area (TPSA) is 128 Å². The third-order valence-electron chi connectivity index (χ3n) is 4.02. The van der Waals surface area contributed by atoms with E-state index in [9.17, 15) is 14.7 Å². The molecule has 0 radical (unpaired) electrons. The highest BCUT2D eigenvalue weighted by atomic mass is 16.5. The van der Waals surface area contributed by atoms with Crippen molar-refractivity contribution in [3.63, 3.8) is 0 Å². The number of primary amides is 1. The minimum Gasteiger partial charge on any atom is -0.381 e. The number of nitrogens with one attached hydrogen (secondary N) is 1. The first-order valence-corrected chi connectivity index (χ1v) is 6.33. The minimum absolute atomic E-state index is 0.0747. The van der Waals surface area contributed by atoms with Crippen molar-refractivity contribution in [1.82, 2.24) is 5.32 Å². The predicted octanol–water partition coefficient (Wildman–Crippen LogP) is -1.52. The summed E-state index contributed by atoms with van der Waals surface area (Å²) in [5, 5.41) is 11.7. The predicted molar refractivity (Wildman–Crippen MR) is 68.9 cm³/mol. The molecular weight excluding hydrogens is 250 g/mol. The van der Waals surface area contributed by atoms with Gasteiger partial charge in [0.1, 0.15) is 11.6 Å². The summed E-state index contributed by atoms with van der Waals surface area (Å²) in [5.41, 5.74) is 9.44. The Balaban J connectivity index is 2.60. The number of hydrogen-bond acceptors (Lipinski definition) is 5. The Morgan fingerprint density at radius 1 is 1.53 bits per heavy atom. The van der Waals surface area contributed by atoms with Crippen LogP contribution in [-0.4, -0.2) is 47.8 Å². The zero-order chi connectivity index (χ0) is 14.8. The molecule has 0 aromatic carbocycles. The number of carbonyl (C=O) groups is 2. The molecule has 3 unspecified atom stereocenters. The summed E-state index contributed by atoms with van der Waals surface area (Å²) in [6.45, 7) is 5.94. The average Bonchev–Trinajstić information content (AvgIpc) is 2.34. The standard InChI is InChI=1S/C12H23N3O4/c1-4-19-8-5-12(14,11(8,2)3)10(18)15-6-7(16)9(13)17/h7-8,16H,4-6,14H2,1-3H3,(H2,13,17)(H,15,18). The molecule has 0 heterocycles. The van der Waals surface area contributed by atoms with Crippen LogP contribution in [0.2, 0.25) is 0 Å². The van der Waals surface area contributed by atoms with Crippen molar-refractivity contribution >= 4 is 11.8 Å². The summed E-state index contributed by atoms with van der Waals surface area (Å²) in [4.78, 5) is 22.8. The Bertz CT molecular complexity index is 372. The fourth-order valence-electron chi connectivity index (χ4n) is 2.27. The maximum atomic E-state index is 12.1. The second-order valence-corrected chi connectivity index (χ2v) is 5.47. The van der Waals surface area contributed by atoms with Crippen LogP contribution in [-0.2, 0) is 14.3 Å². The molecule has 7 nitrogen and oxygen atoms in total. The van der Waals surface area contributed by atoms with Gasteiger partial charge in [0, 0.05) is 18.4 Å². The normalized spacial score (nSPS) is 30.3. The number of amides is 2. The molecule has 0 saturated heterocycles. The van der Waals surface area contributed by atoms with E-state index in [1.54, 1.807) is 0 Å².